The molecule has 2 aromatic rings. The van der Waals surface area contributed by atoms with Crippen molar-refractivity contribution in [2.75, 3.05) is 23.7 Å². The minimum absolute atomic E-state index is 0.0454. The van der Waals surface area contributed by atoms with Gasteiger partial charge in [-0.25, -0.2) is 4.98 Å². The Morgan fingerprint density at radius 1 is 1.14 bits per heavy atom. The molecule has 1 fully saturated rings. The highest BCUT2D eigenvalue weighted by molar-refractivity contribution is 6.33. The van der Waals surface area contributed by atoms with Gasteiger partial charge in [-0.15, -0.1) is 0 Å². The Morgan fingerprint density at radius 2 is 1.86 bits per heavy atom. The number of halogens is 4. The second-order valence-electron chi connectivity index (χ2n) is 8.40. The van der Waals surface area contributed by atoms with E-state index in [1.807, 2.05) is 0 Å². The van der Waals surface area contributed by atoms with Crippen LogP contribution in [0.4, 0.5) is 30.4 Å². The van der Waals surface area contributed by atoms with Gasteiger partial charge in [0.15, 0.2) is 0 Å². The molecule has 0 saturated heterocycles. The number of non-ortho nitro benzene ring substituents is 1. The predicted octanol–water partition coefficient (Wildman–Crippen LogP) is 5.41. The zero-order valence-corrected chi connectivity index (χ0v) is 19.9. The molecule has 1 aromatic carbocycles. The molecule has 1 aromatic heterocycles. The molecular formula is C23H25ClF3N5O4. The maximum Gasteiger partial charge on any atom is 0.417 e. The molecule has 0 aliphatic heterocycles. The number of nitrogens with one attached hydrogen (secondary N) is 3. The molecule has 0 radical (unpaired) electrons. The number of nitro groups is 1. The summed E-state index contributed by atoms with van der Waals surface area (Å²) >= 11 is 5.96. The summed E-state index contributed by atoms with van der Waals surface area (Å²) in [6.45, 7) is 0.364. The van der Waals surface area contributed by atoms with Crippen LogP contribution in [-0.2, 0) is 11.0 Å². The molecule has 0 bridgehead atoms. The van der Waals surface area contributed by atoms with Gasteiger partial charge in [0.2, 0.25) is 5.91 Å². The minimum Gasteiger partial charge on any atom is -0.368 e. The fourth-order valence-corrected chi connectivity index (χ4v) is 4.05. The summed E-state index contributed by atoms with van der Waals surface area (Å²) in [7, 11) is 0. The van der Waals surface area contributed by atoms with E-state index in [4.69, 9.17) is 11.6 Å². The number of amides is 2. The summed E-state index contributed by atoms with van der Waals surface area (Å²) in [4.78, 5) is 39.1. The number of rotatable bonds is 9. The number of benzene rings is 1. The fourth-order valence-electron chi connectivity index (χ4n) is 3.85. The molecule has 0 atom stereocenters. The maximum absolute atomic E-state index is 13.2. The van der Waals surface area contributed by atoms with Gasteiger partial charge in [-0.2, -0.15) is 13.2 Å². The summed E-state index contributed by atoms with van der Waals surface area (Å²) in [5.41, 5.74) is -1.36. The number of nitrogens with zero attached hydrogens (tertiary/aromatic N) is 2. The van der Waals surface area contributed by atoms with Crippen molar-refractivity contribution in [3.8, 4) is 0 Å². The molecule has 36 heavy (non-hydrogen) atoms. The van der Waals surface area contributed by atoms with Gasteiger partial charge in [0, 0.05) is 37.3 Å². The van der Waals surface area contributed by atoms with Crippen LogP contribution in [-0.4, -0.2) is 34.8 Å². The Kier molecular flexibility index (Phi) is 9.08. The van der Waals surface area contributed by atoms with Crippen molar-refractivity contribution < 1.29 is 27.7 Å². The molecule has 1 aliphatic rings. The van der Waals surface area contributed by atoms with Gasteiger partial charge in [-0.3, -0.25) is 19.7 Å². The van der Waals surface area contributed by atoms with Crippen molar-refractivity contribution in [3.05, 3.63) is 56.7 Å². The quantitative estimate of drug-likeness (QED) is 0.227. The van der Waals surface area contributed by atoms with E-state index in [2.05, 4.69) is 20.9 Å². The maximum atomic E-state index is 13.2. The number of hydrogen-bond donors (Lipinski definition) is 3. The van der Waals surface area contributed by atoms with Crippen LogP contribution in [0.2, 0.25) is 5.02 Å². The monoisotopic (exact) mass is 527 g/mol. The molecule has 1 aliphatic carbocycles. The third-order valence-electron chi connectivity index (χ3n) is 5.79. The number of nitro benzene ring substituents is 1. The lowest BCUT2D eigenvalue weighted by Gasteiger charge is -2.22. The van der Waals surface area contributed by atoms with Gasteiger partial charge < -0.3 is 16.0 Å². The van der Waals surface area contributed by atoms with Gasteiger partial charge in [-0.1, -0.05) is 30.9 Å². The molecule has 3 rings (SSSR count). The highest BCUT2D eigenvalue weighted by Gasteiger charge is 2.32. The first-order chi connectivity index (χ1) is 17.1. The third kappa shape index (κ3) is 7.30. The molecule has 9 nitrogen and oxygen atoms in total. The van der Waals surface area contributed by atoms with E-state index in [0.29, 0.717) is 25.5 Å². The zero-order valence-electron chi connectivity index (χ0n) is 19.2. The average Bonchev–Trinajstić information content (AvgIpc) is 2.84. The number of carbonyl (C=O) groups is 2. The summed E-state index contributed by atoms with van der Waals surface area (Å²) in [6.07, 6.45) is 0.625. The van der Waals surface area contributed by atoms with E-state index in [9.17, 15) is 32.9 Å². The number of pyridine rings is 1. The lowest BCUT2D eigenvalue weighted by molar-refractivity contribution is -0.384. The molecule has 0 unspecified atom stereocenters. The van der Waals surface area contributed by atoms with E-state index in [0.717, 1.165) is 31.4 Å². The second-order valence-corrected chi connectivity index (χ2v) is 8.81. The number of carbonyl (C=O) groups excluding carboxylic acids is 2. The molecular weight excluding hydrogens is 503 g/mol. The molecule has 1 saturated carbocycles. The van der Waals surface area contributed by atoms with Crippen molar-refractivity contribution in [1.29, 1.82) is 0 Å². The van der Waals surface area contributed by atoms with Crippen LogP contribution in [0.5, 0.6) is 0 Å². The smallest absolute Gasteiger partial charge is 0.368 e. The summed E-state index contributed by atoms with van der Waals surface area (Å²) in [5, 5.41) is 19.0. The molecule has 3 N–H and O–H groups in total. The van der Waals surface area contributed by atoms with Crippen LogP contribution in [0.1, 0.15) is 54.4 Å². The second kappa shape index (κ2) is 12.0. The first-order valence-electron chi connectivity index (χ1n) is 11.4. The van der Waals surface area contributed by atoms with Crippen LogP contribution in [0, 0.1) is 16.0 Å². The zero-order chi connectivity index (χ0) is 26.3. The lowest BCUT2D eigenvalue weighted by Crippen LogP contribution is -2.27. The topological polar surface area (TPSA) is 126 Å². The number of aromatic nitrogens is 1. The molecule has 194 valence electrons. The molecule has 1 heterocycles. The van der Waals surface area contributed by atoms with Crippen molar-refractivity contribution in [1.82, 2.24) is 10.3 Å². The van der Waals surface area contributed by atoms with E-state index >= 15 is 0 Å². The third-order valence-corrected chi connectivity index (χ3v) is 6.12. The summed E-state index contributed by atoms with van der Waals surface area (Å²) in [6, 6.07) is 4.37. The van der Waals surface area contributed by atoms with Crippen LogP contribution in [0.15, 0.2) is 30.5 Å². The Bertz CT molecular complexity index is 1120. The standard InChI is InChI=1S/C23H25ClF3N5O4/c24-18-8-7-16(32(35)36)12-17(18)22(34)29-10-4-9-28-20-19(11-15(13-30-20)23(25,26)27)31-21(33)14-5-2-1-3-6-14/h7-8,11-14H,1-6,9-10H2,(H,28,30)(H,29,34)(H,31,33). The van der Waals surface area contributed by atoms with Crippen LogP contribution in [0.25, 0.3) is 0 Å². The normalized spacial score (nSPS) is 14.2. The fraction of sp³-hybridized carbons (Fsp3) is 0.435. The van der Waals surface area contributed by atoms with Crippen molar-refractivity contribution in [2.45, 2.75) is 44.7 Å². The SMILES string of the molecule is O=C(NCCCNc1ncc(C(F)(F)F)cc1NC(=O)C1CCCCC1)c1cc([N+](=O)[O-])ccc1Cl. The van der Waals surface area contributed by atoms with E-state index < -0.39 is 22.6 Å². The lowest BCUT2D eigenvalue weighted by atomic mass is 9.88. The van der Waals surface area contributed by atoms with E-state index in [1.54, 1.807) is 0 Å². The Labute approximate surface area is 210 Å². The van der Waals surface area contributed by atoms with Crippen molar-refractivity contribution in [2.24, 2.45) is 5.92 Å². The molecule has 13 heteroatoms. The largest absolute Gasteiger partial charge is 0.417 e. The highest BCUT2D eigenvalue weighted by atomic mass is 35.5. The van der Waals surface area contributed by atoms with Crippen LogP contribution in [0.3, 0.4) is 0 Å². The van der Waals surface area contributed by atoms with E-state index in [1.165, 1.54) is 12.1 Å². The molecule has 2 amide bonds. The minimum atomic E-state index is -4.62. The first kappa shape index (κ1) is 27.2. The summed E-state index contributed by atoms with van der Waals surface area (Å²) in [5.74, 6) is -1.10. The van der Waals surface area contributed by atoms with Gasteiger partial charge in [0.25, 0.3) is 11.6 Å². The van der Waals surface area contributed by atoms with Gasteiger partial charge in [0.1, 0.15) is 5.82 Å². The Balaban J connectivity index is 1.59. The van der Waals surface area contributed by atoms with Gasteiger partial charge in [-0.05, 0) is 31.4 Å². The van der Waals surface area contributed by atoms with Gasteiger partial charge >= 0.3 is 6.18 Å². The van der Waals surface area contributed by atoms with Crippen molar-refractivity contribution >= 4 is 40.6 Å². The average molecular weight is 528 g/mol. The predicted molar refractivity (Wildman–Crippen MR) is 128 cm³/mol. The van der Waals surface area contributed by atoms with Crippen molar-refractivity contribution in [3.63, 3.8) is 0 Å². The van der Waals surface area contributed by atoms with E-state index in [-0.39, 0.29) is 52.7 Å². The number of alkyl halides is 3. The van der Waals surface area contributed by atoms with Gasteiger partial charge in [0.05, 0.1) is 26.8 Å². The number of anilines is 2. The Morgan fingerprint density at radius 3 is 2.53 bits per heavy atom. The first-order valence-corrected chi connectivity index (χ1v) is 11.8. The molecule has 0 spiro atoms. The Hall–Kier alpha value is -3.41. The van der Waals surface area contributed by atoms with Crippen LogP contribution >= 0.6 is 11.6 Å². The highest BCUT2D eigenvalue weighted by Crippen LogP contribution is 2.33. The number of hydrogen-bond acceptors (Lipinski definition) is 6. The summed E-state index contributed by atoms with van der Waals surface area (Å²) < 4.78 is 39.6. The van der Waals surface area contributed by atoms with Crippen LogP contribution < -0.4 is 16.0 Å².